The molecule has 0 saturated heterocycles. The summed E-state index contributed by atoms with van der Waals surface area (Å²) in [5.41, 5.74) is 0. The van der Waals surface area contributed by atoms with Crippen LogP contribution in [0.15, 0.2) is 0 Å². The first-order valence-corrected chi connectivity index (χ1v) is 26.1. The van der Waals surface area contributed by atoms with Crippen molar-refractivity contribution in [3.05, 3.63) is 0 Å². The van der Waals surface area contributed by atoms with E-state index in [9.17, 15) is 37.8 Å². The summed E-state index contributed by atoms with van der Waals surface area (Å²) in [6.45, 7) is 7.78. The summed E-state index contributed by atoms with van der Waals surface area (Å²) in [4.78, 5) is 47.1. The van der Waals surface area contributed by atoms with Crippen LogP contribution in [0.3, 0.4) is 0 Å². The van der Waals surface area contributed by atoms with Crippen LogP contribution >= 0.6 is 31.3 Å². The number of rotatable bonds is 37. The van der Waals surface area contributed by atoms with Gasteiger partial charge in [0.2, 0.25) is 0 Å². The summed E-state index contributed by atoms with van der Waals surface area (Å²) < 4.78 is 74.2. The molecule has 0 bridgehead atoms. The van der Waals surface area contributed by atoms with Gasteiger partial charge < -0.3 is 29.8 Å². The van der Waals surface area contributed by atoms with E-state index in [0.717, 1.165) is 103 Å². The predicted molar refractivity (Wildman–Crippen MR) is 214 cm³/mol. The topological polar surface area (TPSA) is 262 Å². The Balaban J connectivity index is -0.000000423. The number of phosphoric ester groups is 4. The van der Waals surface area contributed by atoms with E-state index in [1.54, 1.807) is 0 Å². The predicted octanol–water partition coefficient (Wildman–Crippen LogP) is 11.0. The van der Waals surface area contributed by atoms with Crippen molar-refractivity contribution in [3.8, 4) is 0 Å². The second-order valence-electron chi connectivity index (χ2n) is 13.0. The molecule has 0 saturated carbocycles. The van der Waals surface area contributed by atoms with Crippen molar-refractivity contribution in [2.45, 2.75) is 182 Å². The SMILES string of the molecule is CCCCCCCCOP(=O)(O)OP(=O)(O)OCCCCCCCC.CCCCCCCCOP(=O)(O)OP(=O)(O)OCCCCCCCC.O=C(O)CO.[Ti]. The molecular formula is C34H76O17P4Ti. The van der Waals surface area contributed by atoms with Gasteiger partial charge in [-0.2, -0.15) is 8.62 Å². The van der Waals surface area contributed by atoms with Crippen LogP contribution in [0.2, 0.25) is 0 Å². The van der Waals surface area contributed by atoms with Crippen LogP contribution in [-0.2, 0) is 71.5 Å². The zero-order valence-corrected chi connectivity index (χ0v) is 39.6. The molecule has 0 aliphatic rings. The molecule has 0 heterocycles. The van der Waals surface area contributed by atoms with Crippen LogP contribution < -0.4 is 0 Å². The van der Waals surface area contributed by atoms with Crippen molar-refractivity contribution in [1.82, 2.24) is 0 Å². The van der Waals surface area contributed by atoms with Gasteiger partial charge in [-0.3, -0.25) is 18.1 Å². The van der Waals surface area contributed by atoms with Gasteiger partial charge in [-0.15, -0.1) is 0 Å². The minimum absolute atomic E-state index is 0. The second kappa shape index (κ2) is 42.4. The molecule has 4 atom stereocenters. The van der Waals surface area contributed by atoms with Gasteiger partial charge in [-0.25, -0.2) is 23.1 Å². The molecule has 0 spiro atoms. The molecule has 0 fully saturated rings. The van der Waals surface area contributed by atoms with Gasteiger partial charge in [0.1, 0.15) is 6.61 Å². The smallest absolute Gasteiger partial charge is 0.480 e. The van der Waals surface area contributed by atoms with Crippen LogP contribution in [-0.4, -0.2) is 68.8 Å². The Kier molecular flexibility index (Phi) is 47.9. The van der Waals surface area contributed by atoms with E-state index in [2.05, 4.69) is 36.3 Å². The minimum atomic E-state index is -4.58. The third-order valence-electron chi connectivity index (χ3n) is 7.56. The van der Waals surface area contributed by atoms with Crippen molar-refractivity contribution >= 4 is 37.3 Å². The van der Waals surface area contributed by atoms with Gasteiger partial charge in [0, 0.05) is 21.7 Å². The maximum absolute atomic E-state index is 11.7. The summed E-state index contributed by atoms with van der Waals surface area (Å²) in [7, 11) is -18.3. The van der Waals surface area contributed by atoms with E-state index in [4.69, 9.17) is 33.1 Å². The normalized spacial score (nSPS) is 15.4. The van der Waals surface area contributed by atoms with E-state index < -0.39 is 43.9 Å². The molecule has 0 aromatic heterocycles. The van der Waals surface area contributed by atoms with Crippen LogP contribution in [0.1, 0.15) is 182 Å². The zero-order chi connectivity index (χ0) is 42.3. The maximum atomic E-state index is 11.7. The maximum Gasteiger partial charge on any atom is 0.481 e. The fourth-order valence-corrected chi connectivity index (χ4v) is 8.88. The molecule has 0 amide bonds. The van der Waals surface area contributed by atoms with E-state index >= 15 is 0 Å². The van der Waals surface area contributed by atoms with Gasteiger partial charge in [0.25, 0.3) is 0 Å². The zero-order valence-electron chi connectivity index (χ0n) is 34.5. The van der Waals surface area contributed by atoms with Crippen molar-refractivity contribution in [2.75, 3.05) is 33.0 Å². The first-order chi connectivity index (χ1) is 25.9. The molecule has 0 aromatic carbocycles. The first kappa shape index (κ1) is 63.3. The Bertz CT molecular complexity index is 928. The third-order valence-corrected chi connectivity index (χ3v) is 12.9. The second-order valence-corrected chi connectivity index (χ2v) is 19.1. The van der Waals surface area contributed by atoms with Gasteiger partial charge >= 0.3 is 37.3 Å². The summed E-state index contributed by atoms with van der Waals surface area (Å²) in [5, 5.41) is 15.0. The Morgan fingerprint density at radius 1 is 0.393 bits per heavy atom. The van der Waals surface area contributed by atoms with Crippen LogP contribution in [0, 0.1) is 0 Å². The monoisotopic (exact) mass is 928 g/mol. The first-order valence-electron chi connectivity index (χ1n) is 20.1. The molecule has 4 unspecified atom stereocenters. The number of hydrogen-bond acceptors (Lipinski definition) is 12. The standard InChI is InChI=1S/2C16H36O7P2.C2H4O3.Ti/c2*1-3-5-7-9-11-13-15-21-24(17,18)23-25(19,20)22-16-14-12-10-8-6-4-2;3-1-2(4)5;/h2*3-16H2,1-2H3,(H,17,18)(H,19,20);3H,1H2,(H,4,5);. The van der Waals surface area contributed by atoms with Gasteiger partial charge in [-0.05, 0) is 25.7 Å². The summed E-state index contributed by atoms with van der Waals surface area (Å²) in [6, 6.07) is 0. The summed E-state index contributed by atoms with van der Waals surface area (Å²) in [6.07, 6.45) is 23.9. The van der Waals surface area contributed by atoms with Gasteiger partial charge in [0.05, 0.1) is 26.4 Å². The molecule has 17 nitrogen and oxygen atoms in total. The van der Waals surface area contributed by atoms with Crippen molar-refractivity contribution < 1.29 is 101 Å². The molecule has 0 rings (SSSR count). The average molecular weight is 929 g/mol. The average Bonchev–Trinajstić information content (AvgIpc) is 3.09. The molecule has 0 aliphatic carbocycles. The fraction of sp³-hybridized carbons (Fsp3) is 0.971. The van der Waals surface area contributed by atoms with Crippen molar-refractivity contribution in [3.63, 3.8) is 0 Å². The Morgan fingerprint density at radius 3 is 0.714 bits per heavy atom. The van der Waals surface area contributed by atoms with Crippen LogP contribution in [0.25, 0.3) is 0 Å². The molecule has 0 aliphatic heterocycles. The number of aliphatic hydroxyl groups excluding tert-OH is 1. The van der Waals surface area contributed by atoms with Gasteiger partial charge in [0.15, 0.2) is 0 Å². The number of aliphatic hydroxyl groups is 1. The number of carboxylic acids is 1. The largest absolute Gasteiger partial charge is 0.481 e. The number of carbonyl (C=O) groups is 1. The molecule has 0 aromatic rings. The Labute approximate surface area is 352 Å². The quantitative estimate of drug-likeness (QED) is 0.0192. The molecule has 6 N–H and O–H groups in total. The molecule has 338 valence electrons. The van der Waals surface area contributed by atoms with Crippen LogP contribution in [0.5, 0.6) is 0 Å². The van der Waals surface area contributed by atoms with E-state index in [1.807, 2.05) is 0 Å². The number of carboxylic acid groups (broad SMARTS) is 1. The summed E-state index contributed by atoms with van der Waals surface area (Å²) in [5.74, 6) is -1.19. The van der Waals surface area contributed by atoms with E-state index in [0.29, 0.717) is 25.7 Å². The van der Waals surface area contributed by atoms with E-state index in [-0.39, 0.29) is 48.1 Å². The number of phosphoric acid groups is 4. The number of hydrogen-bond donors (Lipinski definition) is 6. The molecule has 22 heteroatoms. The Hall–Kier alpha value is 0.664. The Morgan fingerprint density at radius 2 is 0.554 bits per heavy atom. The summed E-state index contributed by atoms with van der Waals surface area (Å²) >= 11 is 0. The molecule has 0 radical (unpaired) electrons. The van der Waals surface area contributed by atoms with Crippen molar-refractivity contribution in [2.24, 2.45) is 0 Å². The number of aliphatic carboxylic acids is 1. The fourth-order valence-electron chi connectivity index (χ4n) is 4.60. The third kappa shape index (κ3) is 52.7. The van der Waals surface area contributed by atoms with Crippen LogP contribution in [0.4, 0.5) is 0 Å². The molecular weight excluding hydrogens is 852 g/mol. The van der Waals surface area contributed by atoms with Gasteiger partial charge in [-0.1, -0.05) is 156 Å². The van der Waals surface area contributed by atoms with Crippen molar-refractivity contribution in [1.29, 1.82) is 0 Å². The number of unbranched alkanes of at least 4 members (excludes halogenated alkanes) is 20. The molecule has 56 heavy (non-hydrogen) atoms. The minimum Gasteiger partial charge on any atom is -0.480 e. The van der Waals surface area contributed by atoms with E-state index in [1.165, 1.54) is 25.7 Å².